The van der Waals surface area contributed by atoms with E-state index in [1.807, 2.05) is 0 Å². The summed E-state index contributed by atoms with van der Waals surface area (Å²) in [5, 5.41) is 2.10. The average molecular weight is 231 g/mol. The molecular formula is C14H17NS. The maximum atomic E-state index is 6.48. The van der Waals surface area contributed by atoms with E-state index in [-0.39, 0.29) is 5.54 Å². The highest BCUT2D eigenvalue weighted by Crippen LogP contribution is 2.33. The third-order valence-electron chi connectivity index (χ3n) is 2.95. The molecule has 1 aromatic heterocycles. The monoisotopic (exact) mass is 231 g/mol. The summed E-state index contributed by atoms with van der Waals surface area (Å²) in [7, 11) is 0. The topological polar surface area (TPSA) is 26.0 Å². The van der Waals surface area contributed by atoms with Crippen molar-refractivity contribution in [1.82, 2.24) is 0 Å². The van der Waals surface area contributed by atoms with Gasteiger partial charge in [-0.2, -0.15) is 0 Å². The summed E-state index contributed by atoms with van der Waals surface area (Å²) in [6.45, 7) is 6.30. The maximum Gasteiger partial charge on any atom is 0.0733 e. The fourth-order valence-corrected chi connectivity index (χ4v) is 3.03. The first-order chi connectivity index (χ1) is 7.51. The third kappa shape index (κ3) is 1.91. The van der Waals surface area contributed by atoms with Gasteiger partial charge in [0.05, 0.1) is 5.54 Å². The number of hydrogen-bond acceptors (Lipinski definition) is 2. The van der Waals surface area contributed by atoms with E-state index < -0.39 is 0 Å². The summed E-state index contributed by atoms with van der Waals surface area (Å²) in [4.78, 5) is 1.25. The summed E-state index contributed by atoms with van der Waals surface area (Å²) in [6, 6.07) is 10.6. The molecule has 2 aromatic rings. The van der Waals surface area contributed by atoms with Gasteiger partial charge < -0.3 is 5.73 Å². The fraction of sp³-hybridized carbons (Fsp3) is 0.286. The molecule has 1 heterocycles. The van der Waals surface area contributed by atoms with Crippen molar-refractivity contribution in [3.63, 3.8) is 0 Å². The van der Waals surface area contributed by atoms with Crippen molar-refractivity contribution in [2.24, 2.45) is 5.73 Å². The molecule has 0 fully saturated rings. The standard InChI is InChI=1S/C14H17NS/c1-10-5-4-6-12(9-10)14(3,15)13-11(2)7-8-16-13/h4-9H,15H2,1-3H3. The molecule has 0 amide bonds. The zero-order valence-corrected chi connectivity index (χ0v) is 10.8. The second kappa shape index (κ2) is 4.04. The first-order valence-electron chi connectivity index (χ1n) is 5.42. The third-order valence-corrected chi connectivity index (χ3v) is 4.21. The summed E-state index contributed by atoms with van der Waals surface area (Å²) in [5.74, 6) is 0. The Morgan fingerprint density at radius 2 is 1.94 bits per heavy atom. The van der Waals surface area contributed by atoms with Gasteiger partial charge in [-0.3, -0.25) is 0 Å². The molecular weight excluding hydrogens is 214 g/mol. The normalized spacial score (nSPS) is 14.8. The molecule has 1 unspecified atom stereocenters. The van der Waals surface area contributed by atoms with Crippen LogP contribution in [0.5, 0.6) is 0 Å². The van der Waals surface area contributed by atoms with Crippen molar-refractivity contribution in [1.29, 1.82) is 0 Å². The molecule has 0 aliphatic carbocycles. The van der Waals surface area contributed by atoms with Crippen molar-refractivity contribution in [2.45, 2.75) is 26.3 Å². The Labute approximate surface area is 101 Å². The van der Waals surface area contributed by atoms with E-state index >= 15 is 0 Å². The highest BCUT2D eigenvalue weighted by molar-refractivity contribution is 7.10. The Morgan fingerprint density at radius 3 is 2.50 bits per heavy atom. The largest absolute Gasteiger partial charge is 0.317 e. The number of thiophene rings is 1. The van der Waals surface area contributed by atoms with E-state index in [2.05, 4.69) is 56.5 Å². The van der Waals surface area contributed by atoms with Crippen LogP contribution in [-0.2, 0) is 5.54 Å². The minimum Gasteiger partial charge on any atom is -0.317 e. The minimum atomic E-state index is -0.385. The SMILES string of the molecule is Cc1cccc(C(C)(N)c2sccc2C)c1. The summed E-state index contributed by atoms with van der Waals surface area (Å²) >= 11 is 1.73. The second-order valence-electron chi connectivity index (χ2n) is 4.50. The molecule has 0 bridgehead atoms. The Kier molecular flexibility index (Phi) is 2.87. The van der Waals surface area contributed by atoms with Crippen LogP contribution in [0, 0.1) is 13.8 Å². The molecule has 0 spiro atoms. The average Bonchev–Trinajstić information content (AvgIpc) is 2.65. The molecule has 0 saturated carbocycles. The number of benzene rings is 1. The molecule has 16 heavy (non-hydrogen) atoms. The molecule has 1 nitrogen and oxygen atoms in total. The number of aryl methyl sites for hydroxylation is 2. The van der Waals surface area contributed by atoms with Crippen LogP contribution in [0.4, 0.5) is 0 Å². The van der Waals surface area contributed by atoms with Crippen LogP contribution >= 0.6 is 11.3 Å². The quantitative estimate of drug-likeness (QED) is 0.840. The number of rotatable bonds is 2. The van der Waals surface area contributed by atoms with Gasteiger partial charge in [0.15, 0.2) is 0 Å². The van der Waals surface area contributed by atoms with Gasteiger partial charge in [-0.05, 0) is 43.3 Å². The van der Waals surface area contributed by atoms with Gasteiger partial charge >= 0.3 is 0 Å². The zero-order chi connectivity index (χ0) is 11.8. The summed E-state index contributed by atoms with van der Waals surface area (Å²) < 4.78 is 0. The van der Waals surface area contributed by atoms with E-state index in [0.717, 1.165) is 0 Å². The predicted octanol–water partition coefficient (Wildman–Crippen LogP) is 3.59. The molecule has 1 atom stereocenters. The Hall–Kier alpha value is -1.12. The van der Waals surface area contributed by atoms with Crippen LogP contribution in [0.2, 0.25) is 0 Å². The van der Waals surface area contributed by atoms with E-state index in [1.165, 1.54) is 21.6 Å². The lowest BCUT2D eigenvalue weighted by atomic mass is 9.89. The second-order valence-corrected chi connectivity index (χ2v) is 5.42. The highest BCUT2D eigenvalue weighted by Gasteiger charge is 2.26. The number of hydrogen-bond donors (Lipinski definition) is 1. The lowest BCUT2D eigenvalue weighted by Crippen LogP contribution is -2.34. The van der Waals surface area contributed by atoms with Gasteiger partial charge in [0.2, 0.25) is 0 Å². The molecule has 2 N–H and O–H groups in total. The van der Waals surface area contributed by atoms with Crippen LogP contribution < -0.4 is 5.73 Å². The highest BCUT2D eigenvalue weighted by atomic mass is 32.1. The molecule has 2 rings (SSSR count). The van der Waals surface area contributed by atoms with E-state index in [1.54, 1.807) is 11.3 Å². The fourth-order valence-electron chi connectivity index (χ4n) is 2.00. The smallest absolute Gasteiger partial charge is 0.0733 e. The van der Waals surface area contributed by atoms with Crippen molar-refractivity contribution in [3.8, 4) is 0 Å². The van der Waals surface area contributed by atoms with Gasteiger partial charge in [-0.15, -0.1) is 11.3 Å². The zero-order valence-electron chi connectivity index (χ0n) is 9.95. The van der Waals surface area contributed by atoms with Crippen LogP contribution in [-0.4, -0.2) is 0 Å². The molecule has 84 valence electrons. The van der Waals surface area contributed by atoms with E-state index in [4.69, 9.17) is 5.73 Å². The van der Waals surface area contributed by atoms with Crippen LogP contribution in [0.3, 0.4) is 0 Å². The van der Waals surface area contributed by atoms with Gasteiger partial charge in [0.1, 0.15) is 0 Å². The summed E-state index contributed by atoms with van der Waals surface area (Å²) in [5.41, 5.74) is 9.81. The van der Waals surface area contributed by atoms with Crippen molar-refractivity contribution >= 4 is 11.3 Å². The van der Waals surface area contributed by atoms with Crippen molar-refractivity contribution in [3.05, 3.63) is 57.3 Å². The lowest BCUT2D eigenvalue weighted by molar-refractivity contribution is 0.612. The van der Waals surface area contributed by atoms with Gasteiger partial charge in [0, 0.05) is 4.88 Å². The van der Waals surface area contributed by atoms with E-state index in [0.29, 0.717) is 0 Å². The van der Waals surface area contributed by atoms with Crippen molar-refractivity contribution < 1.29 is 0 Å². The first kappa shape index (κ1) is 11.4. The van der Waals surface area contributed by atoms with Gasteiger partial charge in [-0.25, -0.2) is 0 Å². The summed E-state index contributed by atoms with van der Waals surface area (Å²) in [6.07, 6.45) is 0. The molecule has 0 aliphatic heterocycles. The molecule has 0 saturated heterocycles. The lowest BCUT2D eigenvalue weighted by Gasteiger charge is -2.25. The Balaban J connectivity index is 2.51. The van der Waals surface area contributed by atoms with Crippen molar-refractivity contribution in [2.75, 3.05) is 0 Å². The molecule has 0 radical (unpaired) electrons. The molecule has 0 aliphatic rings. The minimum absolute atomic E-state index is 0.385. The van der Waals surface area contributed by atoms with Crippen LogP contribution in [0.1, 0.15) is 28.5 Å². The Bertz CT molecular complexity index is 497. The van der Waals surface area contributed by atoms with E-state index in [9.17, 15) is 0 Å². The van der Waals surface area contributed by atoms with Gasteiger partial charge in [0.25, 0.3) is 0 Å². The first-order valence-corrected chi connectivity index (χ1v) is 6.30. The van der Waals surface area contributed by atoms with Crippen LogP contribution in [0.25, 0.3) is 0 Å². The van der Waals surface area contributed by atoms with Crippen LogP contribution in [0.15, 0.2) is 35.7 Å². The number of nitrogens with two attached hydrogens (primary N) is 1. The molecule has 1 aromatic carbocycles. The molecule has 2 heteroatoms. The van der Waals surface area contributed by atoms with Gasteiger partial charge in [-0.1, -0.05) is 29.8 Å². The maximum absolute atomic E-state index is 6.48. The Morgan fingerprint density at radius 1 is 1.19 bits per heavy atom. The predicted molar refractivity (Wildman–Crippen MR) is 70.9 cm³/mol.